The Labute approximate surface area is 143 Å². The molecular weight excluding hydrogens is 332 g/mol. The number of nitrogens with zero attached hydrogens (tertiary/aromatic N) is 4. The fraction of sp³-hybridized carbons (Fsp3) is 0.429. The normalized spacial score (nSPS) is 10.8. The van der Waals surface area contributed by atoms with Crippen LogP contribution in [0.25, 0.3) is 0 Å². The van der Waals surface area contributed by atoms with Gasteiger partial charge in [-0.1, -0.05) is 5.16 Å². The molecule has 0 bridgehead atoms. The van der Waals surface area contributed by atoms with E-state index in [1.807, 2.05) is 35.8 Å². The van der Waals surface area contributed by atoms with Gasteiger partial charge in [-0.3, -0.25) is 4.79 Å². The number of primary amides is 1. The minimum absolute atomic E-state index is 0.0290. The van der Waals surface area contributed by atoms with E-state index in [9.17, 15) is 9.59 Å². The van der Waals surface area contributed by atoms with Gasteiger partial charge in [-0.25, -0.2) is 4.79 Å². The van der Waals surface area contributed by atoms with Gasteiger partial charge in [-0.05, 0) is 36.5 Å². The molecule has 0 unspecified atom stereocenters. The van der Waals surface area contributed by atoms with E-state index in [4.69, 9.17) is 10.3 Å². The van der Waals surface area contributed by atoms with Gasteiger partial charge in [0.2, 0.25) is 5.89 Å². The first-order valence-corrected chi connectivity index (χ1v) is 8.21. The second-order valence-electron chi connectivity index (χ2n) is 5.39. The van der Waals surface area contributed by atoms with Crippen LogP contribution in [0.1, 0.15) is 22.1 Å². The van der Waals surface area contributed by atoms with Crippen LogP contribution < -0.4 is 11.1 Å². The molecule has 0 aliphatic carbocycles. The molecule has 2 aromatic heterocycles. The molecule has 130 valence electrons. The number of carbonyl (C=O) groups excluding carboxylic acids is 2. The van der Waals surface area contributed by atoms with Gasteiger partial charge in [0, 0.05) is 19.6 Å². The molecule has 0 saturated heterocycles. The number of urea groups is 1. The average molecular weight is 352 g/mol. The van der Waals surface area contributed by atoms with Gasteiger partial charge in [0.15, 0.2) is 0 Å². The van der Waals surface area contributed by atoms with Crippen LogP contribution in [0.3, 0.4) is 0 Å². The number of thiophene rings is 1. The van der Waals surface area contributed by atoms with Gasteiger partial charge in [0.25, 0.3) is 11.7 Å². The van der Waals surface area contributed by atoms with Gasteiger partial charge < -0.3 is 25.4 Å². The van der Waals surface area contributed by atoms with E-state index >= 15 is 0 Å². The van der Waals surface area contributed by atoms with Crippen molar-refractivity contribution in [3.05, 3.63) is 34.1 Å². The average Bonchev–Trinajstić information content (AvgIpc) is 3.20. The van der Waals surface area contributed by atoms with E-state index in [0.29, 0.717) is 13.1 Å². The molecule has 2 rings (SSSR count). The van der Waals surface area contributed by atoms with Crippen LogP contribution in [0.5, 0.6) is 0 Å². The summed E-state index contributed by atoms with van der Waals surface area (Å²) >= 11 is 1.59. The summed E-state index contributed by atoms with van der Waals surface area (Å²) in [6, 6.07) is 1.74. The highest BCUT2D eigenvalue weighted by atomic mass is 32.1. The van der Waals surface area contributed by atoms with Crippen LogP contribution >= 0.6 is 11.3 Å². The summed E-state index contributed by atoms with van der Waals surface area (Å²) in [5, 5.41) is 10.1. The van der Waals surface area contributed by atoms with E-state index in [0.717, 1.165) is 12.1 Å². The summed E-state index contributed by atoms with van der Waals surface area (Å²) in [5.74, 6) is -0.858. The van der Waals surface area contributed by atoms with E-state index in [2.05, 4.69) is 15.5 Å². The van der Waals surface area contributed by atoms with Crippen LogP contribution in [-0.2, 0) is 13.1 Å². The minimum atomic E-state index is -0.776. The number of rotatable bonds is 8. The third-order valence-corrected chi connectivity index (χ3v) is 3.87. The lowest BCUT2D eigenvalue weighted by atomic mass is 10.3. The Morgan fingerprint density at radius 3 is 2.75 bits per heavy atom. The first-order valence-electron chi connectivity index (χ1n) is 7.26. The maximum absolute atomic E-state index is 12.4. The predicted molar refractivity (Wildman–Crippen MR) is 88.3 cm³/mol. The summed E-state index contributed by atoms with van der Waals surface area (Å²) in [6.45, 7) is 1.86. The van der Waals surface area contributed by atoms with Crippen molar-refractivity contribution in [2.24, 2.45) is 5.73 Å². The number of hydrogen-bond donors (Lipinski definition) is 2. The molecule has 0 saturated carbocycles. The van der Waals surface area contributed by atoms with Crippen molar-refractivity contribution < 1.29 is 14.1 Å². The molecular formula is C14H20N6O3S. The monoisotopic (exact) mass is 352 g/mol. The highest BCUT2D eigenvalue weighted by Crippen LogP contribution is 2.10. The number of amides is 3. The molecule has 0 aliphatic heterocycles. The van der Waals surface area contributed by atoms with Crippen molar-refractivity contribution in [2.45, 2.75) is 13.1 Å². The van der Waals surface area contributed by atoms with Gasteiger partial charge in [0.1, 0.15) is 0 Å². The van der Waals surface area contributed by atoms with Gasteiger partial charge >= 0.3 is 6.03 Å². The summed E-state index contributed by atoms with van der Waals surface area (Å²) < 4.78 is 4.86. The van der Waals surface area contributed by atoms with Crippen LogP contribution in [-0.4, -0.2) is 59.1 Å². The second kappa shape index (κ2) is 8.41. The molecule has 0 aliphatic rings. The van der Waals surface area contributed by atoms with Crippen molar-refractivity contribution in [1.82, 2.24) is 25.3 Å². The molecule has 3 N–H and O–H groups in total. The zero-order valence-electron chi connectivity index (χ0n) is 13.6. The van der Waals surface area contributed by atoms with Crippen molar-refractivity contribution in [3.8, 4) is 0 Å². The highest BCUT2D eigenvalue weighted by Gasteiger charge is 2.16. The number of likely N-dealkylation sites (N-methyl/N-ethyl adjacent to an activating group) is 1. The summed E-state index contributed by atoms with van der Waals surface area (Å²) in [7, 11) is 3.90. The van der Waals surface area contributed by atoms with Gasteiger partial charge in [-0.2, -0.15) is 16.3 Å². The molecule has 2 heterocycles. The fourth-order valence-corrected chi connectivity index (χ4v) is 2.53. The summed E-state index contributed by atoms with van der Waals surface area (Å²) in [5.41, 5.74) is 6.12. The maximum atomic E-state index is 12.4. The lowest BCUT2D eigenvalue weighted by Crippen LogP contribution is -2.42. The van der Waals surface area contributed by atoms with Crippen molar-refractivity contribution in [2.75, 3.05) is 27.2 Å². The second-order valence-corrected chi connectivity index (χ2v) is 6.17. The topological polar surface area (TPSA) is 118 Å². The zero-order valence-corrected chi connectivity index (χ0v) is 14.4. The van der Waals surface area contributed by atoms with Gasteiger partial charge in [0.05, 0.1) is 6.54 Å². The molecule has 10 heteroatoms. The van der Waals surface area contributed by atoms with E-state index in [-0.39, 0.29) is 24.3 Å². The number of nitrogens with two attached hydrogens (primary N) is 1. The van der Waals surface area contributed by atoms with Crippen molar-refractivity contribution >= 4 is 23.3 Å². The van der Waals surface area contributed by atoms with Crippen LogP contribution in [0, 0.1) is 0 Å². The molecule has 24 heavy (non-hydrogen) atoms. The Hall–Kier alpha value is -2.46. The standard InChI is InChI=1S/C14H20N6O3S/c1-19(2)4-5-20(8-10-3-6-24-9-10)14(22)16-7-11-17-13(12(15)21)18-23-11/h3,6,9H,4-5,7-8H2,1-2H3,(H2,15,21)(H,16,22). The Bertz CT molecular complexity index is 670. The molecule has 0 radical (unpaired) electrons. The van der Waals surface area contributed by atoms with Crippen LogP contribution in [0.2, 0.25) is 0 Å². The first kappa shape index (κ1) is 17.9. The maximum Gasteiger partial charge on any atom is 0.318 e. The Kier molecular flexibility index (Phi) is 6.27. The largest absolute Gasteiger partial charge is 0.363 e. The Morgan fingerprint density at radius 2 is 2.17 bits per heavy atom. The highest BCUT2D eigenvalue weighted by molar-refractivity contribution is 7.07. The van der Waals surface area contributed by atoms with Crippen molar-refractivity contribution in [1.29, 1.82) is 0 Å². The first-order chi connectivity index (χ1) is 11.5. The lowest BCUT2D eigenvalue weighted by molar-refractivity contribution is 0.0987. The minimum Gasteiger partial charge on any atom is -0.363 e. The molecule has 0 aromatic carbocycles. The molecule has 0 fully saturated rings. The zero-order chi connectivity index (χ0) is 17.5. The molecule has 2 aromatic rings. The van der Waals surface area contributed by atoms with Crippen LogP contribution in [0.4, 0.5) is 4.79 Å². The molecule has 3 amide bonds. The number of nitrogens with one attached hydrogen (secondary N) is 1. The summed E-state index contributed by atoms with van der Waals surface area (Å²) in [6.07, 6.45) is 0. The van der Waals surface area contributed by atoms with Gasteiger partial charge in [-0.15, -0.1) is 0 Å². The number of aromatic nitrogens is 2. The third kappa shape index (κ3) is 5.32. The lowest BCUT2D eigenvalue weighted by Gasteiger charge is -2.24. The predicted octanol–water partition coefficient (Wildman–Crippen LogP) is 0.503. The SMILES string of the molecule is CN(C)CCN(Cc1ccsc1)C(=O)NCc1nc(C(N)=O)no1. The smallest absolute Gasteiger partial charge is 0.318 e. The molecule has 0 atom stereocenters. The Morgan fingerprint density at radius 1 is 1.38 bits per heavy atom. The quantitative estimate of drug-likeness (QED) is 0.714. The third-order valence-electron chi connectivity index (χ3n) is 3.14. The number of carbonyl (C=O) groups is 2. The van der Waals surface area contributed by atoms with E-state index in [1.54, 1.807) is 16.2 Å². The van der Waals surface area contributed by atoms with E-state index in [1.165, 1.54) is 0 Å². The number of hydrogen-bond acceptors (Lipinski definition) is 7. The van der Waals surface area contributed by atoms with Crippen molar-refractivity contribution in [3.63, 3.8) is 0 Å². The molecule has 9 nitrogen and oxygen atoms in total. The fourth-order valence-electron chi connectivity index (χ4n) is 1.87. The van der Waals surface area contributed by atoms with E-state index < -0.39 is 5.91 Å². The molecule has 0 spiro atoms. The Balaban J connectivity index is 1.93. The summed E-state index contributed by atoms with van der Waals surface area (Å²) in [4.78, 5) is 30.8. The van der Waals surface area contributed by atoms with Crippen LogP contribution in [0.15, 0.2) is 21.3 Å².